The molecule has 0 aromatic carbocycles. The topological polar surface area (TPSA) is 94.8 Å². The minimum Gasteiger partial charge on any atom is -0.483 e. The highest BCUT2D eigenvalue weighted by molar-refractivity contribution is 5.75. The van der Waals surface area contributed by atoms with Gasteiger partial charge in [-0.15, -0.1) is 0 Å². The van der Waals surface area contributed by atoms with Gasteiger partial charge >= 0.3 is 5.97 Å². The summed E-state index contributed by atoms with van der Waals surface area (Å²) >= 11 is 0. The number of aliphatic hydroxyl groups is 1. The summed E-state index contributed by atoms with van der Waals surface area (Å²) in [6.07, 6.45) is 0. The summed E-state index contributed by atoms with van der Waals surface area (Å²) in [4.78, 5) is 18.1. The Balaban J connectivity index is 0. The monoisotopic (exact) mass is 150 g/mol. The van der Waals surface area contributed by atoms with Gasteiger partial charge in [0.05, 0.1) is 0 Å². The van der Waals surface area contributed by atoms with Crippen LogP contribution in [0.5, 0.6) is 0 Å². The Labute approximate surface area is 57.9 Å². The van der Waals surface area contributed by atoms with Crippen LogP contribution in [0.2, 0.25) is 0 Å². The van der Waals surface area contributed by atoms with Gasteiger partial charge in [-0.1, -0.05) is 0 Å². The molecule has 0 heterocycles. The summed E-state index contributed by atoms with van der Waals surface area (Å²) < 4.78 is 0. The van der Waals surface area contributed by atoms with E-state index in [1.165, 1.54) is 13.8 Å². The standard InChI is InChI=1S/C4H8O3.CH2O2/c1-4(2,7)3(5)6;2-1-3/h7H,1-2H3,(H,5,6);1H,(H,2,3). The van der Waals surface area contributed by atoms with Crippen molar-refractivity contribution in [1.29, 1.82) is 0 Å². The van der Waals surface area contributed by atoms with Crippen molar-refractivity contribution >= 4 is 12.4 Å². The van der Waals surface area contributed by atoms with Crippen LogP contribution in [0.4, 0.5) is 0 Å². The lowest BCUT2D eigenvalue weighted by Gasteiger charge is -2.07. The van der Waals surface area contributed by atoms with Gasteiger partial charge < -0.3 is 15.3 Å². The van der Waals surface area contributed by atoms with E-state index in [9.17, 15) is 4.79 Å². The number of hydrogen-bond donors (Lipinski definition) is 3. The van der Waals surface area contributed by atoms with E-state index in [0.29, 0.717) is 0 Å². The molecule has 0 bridgehead atoms. The first-order valence-corrected chi connectivity index (χ1v) is 2.40. The summed E-state index contributed by atoms with van der Waals surface area (Å²) in [6.45, 7) is 2.19. The largest absolute Gasteiger partial charge is 0.483 e. The van der Waals surface area contributed by atoms with Crippen molar-refractivity contribution in [3.8, 4) is 0 Å². The van der Waals surface area contributed by atoms with Crippen LogP contribution in [-0.2, 0) is 9.59 Å². The number of aliphatic carboxylic acids is 1. The van der Waals surface area contributed by atoms with E-state index < -0.39 is 11.6 Å². The van der Waals surface area contributed by atoms with E-state index in [2.05, 4.69) is 0 Å². The van der Waals surface area contributed by atoms with Crippen LogP contribution in [0.1, 0.15) is 13.8 Å². The molecule has 0 aromatic rings. The third-order valence-electron chi connectivity index (χ3n) is 0.523. The van der Waals surface area contributed by atoms with E-state index in [4.69, 9.17) is 20.1 Å². The molecule has 5 heteroatoms. The molecule has 0 aromatic heterocycles. The summed E-state index contributed by atoms with van der Waals surface area (Å²) in [5, 5.41) is 23.4. The van der Waals surface area contributed by atoms with Crippen molar-refractivity contribution in [2.45, 2.75) is 19.4 Å². The number of carbonyl (C=O) groups is 2. The lowest BCUT2D eigenvalue weighted by molar-refractivity contribution is -0.154. The van der Waals surface area contributed by atoms with Crippen molar-refractivity contribution in [2.75, 3.05) is 0 Å². The van der Waals surface area contributed by atoms with Crippen molar-refractivity contribution in [3.63, 3.8) is 0 Å². The average molecular weight is 150 g/mol. The molecule has 0 unspecified atom stereocenters. The van der Waals surface area contributed by atoms with Gasteiger partial charge in [-0.3, -0.25) is 4.79 Å². The lowest BCUT2D eigenvalue weighted by Crippen LogP contribution is -2.30. The maximum atomic E-state index is 9.77. The van der Waals surface area contributed by atoms with Crippen molar-refractivity contribution in [2.24, 2.45) is 0 Å². The Kier molecular flexibility index (Phi) is 5.54. The van der Waals surface area contributed by atoms with Crippen molar-refractivity contribution < 1.29 is 24.9 Å². The van der Waals surface area contributed by atoms with Gasteiger partial charge in [0.25, 0.3) is 6.47 Å². The molecule has 0 rings (SSSR count). The van der Waals surface area contributed by atoms with Crippen LogP contribution in [0.25, 0.3) is 0 Å². The second-order valence-electron chi connectivity index (χ2n) is 1.97. The third-order valence-corrected chi connectivity index (χ3v) is 0.523. The van der Waals surface area contributed by atoms with Crippen LogP contribution in [-0.4, -0.2) is 33.4 Å². The first kappa shape index (κ1) is 11.7. The summed E-state index contributed by atoms with van der Waals surface area (Å²) in [5.74, 6) is -1.20. The lowest BCUT2D eigenvalue weighted by atomic mass is 10.1. The molecular formula is C5H10O5. The Bertz CT molecular complexity index is 112. The fourth-order valence-electron chi connectivity index (χ4n) is 0. The zero-order valence-electron chi connectivity index (χ0n) is 5.74. The quantitative estimate of drug-likeness (QED) is 0.440. The highest BCUT2D eigenvalue weighted by Crippen LogP contribution is 1.97. The minimum absolute atomic E-state index is 0.250. The fraction of sp³-hybridized carbons (Fsp3) is 0.600. The molecule has 0 fully saturated rings. The first-order valence-electron chi connectivity index (χ1n) is 2.40. The minimum atomic E-state index is -1.58. The van der Waals surface area contributed by atoms with E-state index in [1.807, 2.05) is 0 Å². The number of rotatable bonds is 1. The molecule has 0 saturated heterocycles. The average Bonchev–Trinajstić information content (AvgIpc) is 1.64. The molecule has 0 radical (unpaired) electrons. The molecule has 3 N–H and O–H groups in total. The Morgan fingerprint density at radius 3 is 1.60 bits per heavy atom. The normalized spacial score (nSPS) is 9.10. The Hall–Kier alpha value is -1.10. The summed E-state index contributed by atoms with van der Waals surface area (Å²) in [7, 11) is 0. The van der Waals surface area contributed by atoms with Crippen LogP contribution >= 0.6 is 0 Å². The van der Waals surface area contributed by atoms with Gasteiger partial charge in [0, 0.05) is 0 Å². The SMILES string of the molecule is CC(C)(O)C(=O)O.O=CO. The number of carboxylic acids is 1. The maximum absolute atomic E-state index is 9.77. The van der Waals surface area contributed by atoms with E-state index in [0.717, 1.165) is 0 Å². The molecule has 10 heavy (non-hydrogen) atoms. The first-order chi connectivity index (χ1) is 4.36. The third kappa shape index (κ3) is 10.0. The van der Waals surface area contributed by atoms with Gasteiger partial charge in [-0.25, -0.2) is 4.79 Å². The predicted molar refractivity (Wildman–Crippen MR) is 32.6 cm³/mol. The number of carboxylic acid groups (broad SMARTS) is 2. The van der Waals surface area contributed by atoms with Gasteiger partial charge in [0.2, 0.25) is 0 Å². The molecule has 0 saturated carbocycles. The molecule has 0 amide bonds. The smallest absolute Gasteiger partial charge is 0.335 e. The molecule has 0 spiro atoms. The van der Waals surface area contributed by atoms with Crippen LogP contribution in [0.15, 0.2) is 0 Å². The van der Waals surface area contributed by atoms with Gasteiger partial charge in [0.1, 0.15) is 0 Å². The van der Waals surface area contributed by atoms with Crippen LogP contribution in [0, 0.1) is 0 Å². The van der Waals surface area contributed by atoms with Gasteiger partial charge in [0.15, 0.2) is 5.60 Å². The molecule has 0 atom stereocenters. The van der Waals surface area contributed by atoms with E-state index in [1.54, 1.807) is 0 Å². The molecular weight excluding hydrogens is 140 g/mol. The van der Waals surface area contributed by atoms with Crippen molar-refractivity contribution in [3.05, 3.63) is 0 Å². The highest BCUT2D eigenvalue weighted by Gasteiger charge is 2.21. The summed E-state index contributed by atoms with van der Waals surface area (Å²) in [5.41, 5.74) is -1.58. The van der Waals surface area contributed by atoms with Gasteiger partial charge in [-0.05, 0) is 13.8 Å². The second kappa shape index (κ2) is 4.75. The van der Waals surface area contributed by atoms with Crippen LogP contribution < -0.4 is 0 Å². The Morgan fingerprint density at radius 1 is 1.50 bits per heavy atom. The van der Waals surface area contributed by atoms with Crippen LogP contribution in [0.3, 0.4) is 0 Å². The van der Waals surface area contributed by atoms with E-state index >= 15 is 0 Å². The van der Waals surface area contributed by atoms with Gasteiger partial charge in [-0.2, -0.15) is 0 Å². The maximum Gasteiger partial charge on any atom is 0.335 e. The zero-order chi connectivity index (χ0) is 8.78. The summed E-state index contributed by atoms with van der Waals surface area (Å²) in [6, 6.07) is 0. The molecule has 0 aliphatic heterocycles. The van der Waals surface area contributed by atoms with Crippen molar-refractivity contribution in [1.82, 2.24) is 0 Å². The molecule has 0 aliphatic rings. The zero-order valence-corrected chi connectivity index (χ0v) is 5.74. The predicted octanol–water partition coefficient (Wildman–Crippen LogP) is -0.457. The second-order valence-corrected chi connectivity index (χ2v) is 1.97. The molecule has 5 nitrogen and oxygen atoms in total. The fourth-order valence-corrected chi connectivity index (χ4v) is 0. The highest BCUT2D eigenvalue weighted by atomic mass is 16.4. The molecule has 60 valence electrons. The Morgan fingerprint density at radius 2 is 1.60 bits per heavy atom. The van der Waals surface area contributed by atoms with E-state index in [-0.39, 0.29) is 6.47 Å². The molecule has 0 aliphatic carbocycles. The number of hydrogen-bond acceptors (Lipinski definition) is 3.